The molecule has 0 spiro atoms. The van der Waals surface area contributed by atoms with E-state index in [1.807, 2.05) is 0 Å². The van der Waals surface area contributed by atoms with E-state index >= 15 is 0 Å². The van der Waals surface area contributed by atoms with E-state index in [9.17, 15) is 9.59 Å². The van der Waals surface area contributed by atoms with Crippen LogP contribution in [0.4, 0.5) is 0 Å². The normalized spacial score (nSPS) is 15.8. The van der Waals surface area contributed by atoms with Gasteiger partial charge in [0, 0.05) is 0 Å². The lowest BCUT2D eigenvalue weighted by atomic mass is 10.1. The monoisotopic (exact) mass is 378 g/mol. The molecule has 4 rings (SSSR count). The van der Waals surface area contributed by atoms with Crippen LogP contribution >= 0.6 is 0 Å². The molecule has 12 nitrogen and oxygen atoms in total. The summed E-state index contributed by atoms with van der Waals surface area (Å²) in [4.78, 5) is 21.8. The number of H-pyrrole nitrogens is 2. The number of fused-ring (bicyclic) bond motifs is 2. The summed E-state index contributed by atoms with van der Waals surface area (Å²) in [6, 6.07) is 0. The number of hydrogen-bond acceptors (Lipinski definition) is 8. The molecular formula is C12H18N4O8S. The largest absolute Gasteiger partial charge is 0.394 e. The van der Waals surface area contributed by atoms with E-state index in [0.29, 0.717) is 13.1 Å². The van der Waals surface area contributed by atoms with Crippen molar-refractivity contribution in [2.45, 2.75) is 25.9 Å². The van der Waals surface area contributed by atoms with Crippen molar-refractivity contribution >= 4 is 10.4 Å². The van der Waals surface area contributed by atoms with Gasteiger partial charge in [-0.25, -0.2) is 0 Å². The molecule has 0 unspecified atom stereocenters. The molecule has 0 radical (unpaired) electrons. The van der Waals surface area contributed by atoms with Crippen LogP contribution in [0.2, 0.25) is 0 Å². The zero-order valence-electron chi connectivity index (χ0n) is 13.0. The standard InChI is InChI=1S/2C6H8N2O2.H2O4S/c2*9-6-4-1-2-7-3-5(4)10-8-6;1-5(2,3)4/h2*7H,1-3H2,(H,8,9);(H2,1,2,3,4). The average molecular weight is 378 g/mol. The highest BCUT2D eigenvalue weighted by Crippen LogP contribution is 2.07. The van der Waals surface area contributed by atoms with Crippen LogP contribution in [0.5, 0.6) is 0 Å². The first-order valence-electron chi connectivity index (χ1n) is 7.25. The molecule has 2 aliphatic rings. The van der Waals surface area contributed by atoms with Crippen LogP contribution in [0.1, 0.15) is 22.6 Å². The minimum absolute atomic E-state index is 0.0727. The Morgan fingerprint density at radius 3 is 1.48 bits per heavy atom. The molecule has 0 saturated heterocycles. The van der Waals surface area contributed by atoms with E-state index in [2.05, 4.69) is 20.9 Å². The highest BCUT2D eigenvalue weighted by molar-refractivity contribution is 7.79. The van der Waals surface area contributed by atoms with Crippen molar-refractivity contribution in [2.75, 3.05) is 13.1 Å². The van der Waals surface area contributed by atoms with Crippen LogP contribution < -0.4 is 21.8 Å². The van der Waals surface area contributed by atoms with Crippen molar-refractivity contribution < 1.29 is 26.6 Å². The number of aromatic amines is 2. The Hall–Kier alpha value is -2.19. The first kappa shape index (κ1) is 19.1. The van der Waals surface area contributed by atoms with E-state index in [1.165, 1.54) is 0 Å². The second-order valence-corrected chi connectivity index (χ2v) is 6.07. The molecule has 0 bridgehead atoms. The van der Waals surface area contributed by atoms with Crippen LogP contribution in [-0.4, -0.2) is 40.9 Å². The van der Waals surface area contributed by atoms with Gasteiger partial charge < -0.3 is 19.7 Å². The van der Waals surface area contributed by atoms with E-state index in [0.717, 1.165) is 48.6 Å². The molecule has 0 aliphatic carbocycles. The average Bonchev–Trinajstić information content (AvgIpc) is 3.11. The molecule has 0 fully saturated rings. The fourth-order valence-electron chi connectivity index (χ4n) is 2.34. The van der Waals surface area contributed by atoms with Gasteiger partial charge in [0.05, 0.1) is 24.2 Å². The minimum Gasteiger partial charge on any atom is -0.382 e. The lowest BCUT2D eigenvalue weighted by molar-refractivity contribution is 0.362. The third-order valence-corrected chi connectivity index (χ3v) is 3.43. The molecule has 4 heterocycles. The van der Waals surface area contributed by atoms with Gasteiger partial charge in [0.1, 0.15) is 0 Å². The molecule has 0 atom stereocenters. The Kier molecular flexibility index (Phi) is 6.33. The van der Waals surface area contributed by atoms with Gasteiger partial charge in [-0.2, -0.15) is 18.7 Å². The summed E-state index contributed by atoms with van der Waals surface area (Å²) in [5.41, 5.74) is 1.46. The smallest absolute Gasteiger partial charge is 0.382 e. The molecule has 2 aromatic rings. The molecule has 2 aromatic heterocycles. The molecule has 0 aromatic carbocycles. The third kappa shape index (κ3) is 5.99. The van der Waals surface area contributed by atoms with Crippen molar-refractivity contribution in [1.82, 2.24) is 20.9 Å². The van der Waals surface area contributed by atoms with Gasteiger partial charge in [0.15, 0.2) is 11.5 Å². The second-order valence-electron chi connectivity index (χ2n) is 5.17. The zero-order valence-corrected chi connectivity index (χ0v) is 13.8. The maximum Gasteiger partial charge on any atom is 0.394 e. The highest BCUT2D eigenvalue weighted by Gasteiger charge is 2.16. The zero-order chi connectivity index (χ0) is 18.4. The van der Waals surface area contributed by atoms with E-state index in [1.54, 1.807) is 0 Å². The Balaban J connectivity index is 0.000000144. The Morgan fingerprint density at radius 1 is 0.800 bits per heavy atom. The summed E-state index contributed by atoms with van der Waals surface area (Å²) >= 11 is 0. The van der Waals surface area contributed by atoms with Gasteiger partial charge in [0.2, 0.25) is 0 Å². The van der Waals surface area contributed by atoms with Crippen LogP contribution in [0.15, 0.2) is 18.6 Å². The van der Waals surface area contributed by atoms with Crippen LogP contribution in [0.25, 0.3) is 0 Å². The Labute approximate surface area is 141 Å². The first-order valence-corrected chi connectivity index (χ1v) is 8.65. The van der Waals surface area contributed by atoms with Crippen molar-refractivity contribution in [3.05, 3.63) is 43.4 Å². The lowest BCUT2D eigenvalue weighted by Crippen LogP contribution is -2.25. The van der Waals surface area contributed by atoms with Gasteiger partial charge >= 0.3 is 10.4 Å². The van der Waals surface area contributed by atoms with E-state index < -0.39 is 10.4 Å². The van der Waals surface area contributed by atoms with Gasteiger partial charge in [-0.1, -0.05) is 0 Å². The van der Waals surface area contributed by atoms with Crippen LogP contribution in [-0.2, 0) is 36.3 Å². The summed E-state index contributed by atoms with van der Waals surface area (Å²) in [6.07, 6.45) is 1.56. The molecule has 140 valence electrons. The molecule has 6 N–H and O–H groups in total. The number of rotatable bonds is 0. The summed E-state index contributed by atoms with van der Waals surface area (Å²) in [7, 11) is -4.67. The summed E-state index contributed by atoms with van der Waals surface area (Å²) in [5, 5.41) is 10.8. The van der Waals surface area contributed by atoms with Gasteiger partial charge in [0.25, 0.3) is 11.1 Å². The molecule has 0 amide bonds. The van der Waals surface area contributed by atoms with Crippen molar-refractivity contribution in [3.8, 4) is 0 Å². The highest BCUT2D eigenvalue weighted by atomic mass is 32.3. The van der Waals surface area contributed by atoms with E-state index in [4.69, 9.17) is 26.6 Å². The summed E-state index contributed by atoms with van der Waals surface area (Å²) in [5.74, 6) is 1.52. The van der Waals surface area contributed by atoms with Crippen LogP contribution in [0, 0.1) is 0 Å². The summed E-state index contributed by atoms with van der Waals surface area (Å²) in [6.45, 7) is 3.09. The van der Waals surface area contributed by atoms with Crippen molar-refractivity contribution in [2.24, 2.45) is 0 Å². The lowest BCUT2D eigenvalue weighted by Gasteiger charge is -2.07. The first-order chi connectivity index (χ1) is 11.8. The second kappa shape index (κ2) is 8.26. The van der Waals surface area contributed by atoms with Gasteiger partial charge in [-0.3, -0.25) is 18.7 Å². The maximum absolute atomic E-state index is 10.9. The third-order valence-electron chi connectivity index (χ3n) is 3.43. The van der Waals surface area contributed by atoms with Crippen LogP contribution in [0.3, 0.4) is 0 Å². The molecule has 13 heteroatoms. The molecule has 2 aliphatic heterocycles. The van der Waals surface area contributed by atoms with Gasteiger partial charge in [-0.05, 0) is 25.9 Å². The minimum atomic E-state index is -4.67. The summed E-state index contributed by atoms with van der Waals surface area (Å²) < 4.78 is 41.4. The maximum atomic E-state index is 10.9. The number of aromatic nitrogens is 2. The molecule has 25 heavy (non-hydrogen) atoms. The number of hydrogen-bond donors (Lipinski definition) is 6. The fraction of sp³-hybridized carbons (Fsp3) is 0.500. The fourth-order valence-corrected chi connectivity index (χ4v) is 2.34. The SMILES string of the molecule is O=S(=O)(O)O.O=c1[nH]oc2c1CCNC2.O=c1[nH]oc2c1CCNC2. The van der Waals surface area contributed by atoms with E-state index in [-0.39, 0.29) is 11.1 Å². The van der Waals surface area contributed by atoms with Crippen molar-refractivity contribution in [1.29, 1.82) is 0 Å². The predicted molar refractivity (Wildman–Crippen MR) is 83.7 cm³/mol. The quantitative estimate of drug-likeness (QED) is 0.296. The predicted octanol–water partition coefficient (Wildman–Crippen LogP) is -1.43. The van der Waals surface area contributed by atoms with Crippen molar-refractivity contribution in [3.63, 3.8) is 0 Å². The molecule has 0 saturated carbocycles. The van der Waals surface area contributed by atoms with Gasteiger partial charge in [-0.15, -0.1) is 0 Å². The Morgan fingerprint density at radius 2 is 1.16 bits per heavy atom. The number of nitrogens with one attached hydrogen (secondary N) is 4. The molecular weight excluding hydrogens is 360 g/mol. The topological polar surface area (TPSA) is 191 Å². The Bertz CT molecular complexity index is 838.